The first-order chi connectivity index (χ1) is 22.3. The number of pyridine rings is 1. The zero-order chi connectivity index (χ0) is 29.5. The van der Waals surface area contributed by atoms with Crippen LogP contribution in [0.1, 0.15) is 22.3 Å². The van der Waals surface area contributed by atoms with Gasteiger partial charge in [0.2, 0.25) is 0 Å². The van der Waals surface area contributed by atoms with Gasteiger partial charge in [-0.25, -0.2) is 0 Å². The van der Waals surface area contributed by atoms with Gasteiger partial charge in [-0.1, -0.05) is 127 Å². The largest absolute Gasteiger partial charge is 0.256 e. The van der Waals surface area contributed by atoms with Crippen molar-refractivity contribution in [2.45, 2.75) is 5.41 Å². The third kappa shape index (κ3) is 3.30. The van der Waals surface area contributed by atoms with Gasteiger partial charge in [0.05, 0.1) is 11.1 Å². The number of aromatic nitrogens is 1. The minimum atomic E-state index is -0.382. The van der Waals surface area contributed by atoms with Crippen LogP contribution in [0.15, 0.2) is 164 Å². The Kier molecular flexibility index (Phi) is 4.99. The highest BCUT2D eigenvalue weighted by molar-refractivity contribution is 6.06. The Morgan fingerprint density at radius 2 is 1.02 bits per heavy atom. The van der Waals surface area contributed by atoms with Gasteiger partial charge in [0, 0.05) is 11.8 Å². The molecule has 0 bridgehead atoms. The summed E-state index contributed by atoms with van der Waals surface area (Å²) in [4.78, 5) is 4.53. The lowest BCUT2D eigenvalue weighted by Gasteiger charge is -2.31. The maximum Gasteiger partial charge on any atom is 0.0731 e. The Labute approximate surface area is 262 Å². The standard InChI is InChI=1S/C44H27N/c1-2-10-31-27-41-38(26-30(31)9-1)37-23-21-33-25-32(28-16-18-29(19-17-28)42-15-7-8-24-45-42)20-22-34(33)43(37)44(41)39-13-5-3-11-35(39)36-12-4-6-14-40(36)44/h1-27H. The predicted octanol–water partition coefficient (Wildman–Crippen LogP) is 11.1. The van der Waals surface area contributed by atoms with Gasteiger partial charge in [0.1, 0.15) is 0 Å². The first kappa shape index (κ1) is 24.6. The van der Waals surface area contributed by atoms with E-state index in [0.717, 1.165) is 11.3 Å². The van der Waals surface area contributed by atoms with E-state index in [2.05, 4.69) is 151 Å². The first-order valence-corrected chi connectivity index (χ1v) is 15.6. The second-order valence-electron chi connectivity index (χ2n) is 12.3. The Bertz CT molecular complexity index is 2420. The number of fused-ring (bicyclic) bond motifs is 13. The van der Waals surface area contributed by atoms with E-state index < -0.39 is 0 Å². The summed E-state index contributed by atoms with van der Waals surface area (Å²) in [6, 6.07) is 58.3. The maximum absolute atomic E-state index is 4.53. The molecule has 8 aromatic rings. The van der Waals surface area contributed by atoms with Crippen LogP contribution in [0, 0.1) is 0 Å². The molecule has 0 N–H and O–H groups in total. The second-order valence-corrected chi connectivity index (χ2v) is 12.3. The molecule has 0 saturated carbocycles. The average Bonchev–Trinajstić information content (AvgIpc) is 3.58. The Balaban J connectivity index is 1.24. The topological polar surface area (TPSA) is 12.9 Å². The molecular weight excluding hydrogens is 542 g/mol. The molecule has 1 aromatic heterocycles. The van der Waals surface area contributed by atoms with Crippen molar-refractivity contribution < 1.29 is 0 Å². The molecule has 0 amide bonds. The van der Waals surface area contributed by atoms with E-state index >= 15 is 0 Å². The summed E-state index contributed by atoms with van der Waals surface area (Å²) in [7, 11) is 0. The fourth-order valence-electron chi connectivity index (χ4n) is 8.21. The Morgan fingerprint density at radius 3 is 1.76 bits per heavy atom. The van der Waals surface area contributed by atoms with Crippen LogP contribution in [0.3, 0.4) is 0 Å². The maximum atomic E-state index is 4.53. The van der Waals surface area contributed by atoms with Crippen LogP contribution in [-0.2, 0) is 5.41 Å². The molecule has 0 saturated heterocycles. The lowest BCUT2D eigenvalue weighted by molar-refractivity contribution is 0.802. The summed E-state index contributed by atoms with van der Waals surface area (Å²) < 4.78 is 0. The fourth-order valence-corrected chi connectivity index (χ4v) is 8.21. The summed E-state index contributed by atoms with van der Waals surface area (Å²) >= 11 is 0. The summed E-state index contributed by atoms with van der Waals surface area (Å²) in [6.45, 7) is 0. The first-order valence-electron chi connectivity index (χ1n) is 15.6. The number of nitrogens with zero attached hydrogens (tertiary/aromatic N) is 1. The highest BCUT2D eigenvalue weighted by atomic mass is 14.7. The zero-order valence-corrected chi connectivity index (χ0v) is 24.5. The minimum absolute atomic E-state index is 0.382. The van der Waals surface area contributed by atoms with E-state index in [-0.39, 0.29) is 5.41 Å². The molecule has 0 aliphatic heterocycles. The van der Waals surface area contributed by atoms with Crippen molar-refractivity contribution in [1.82, 2.24) is 4.98 Å². The van der Waals surface area contributed by atoms with Gasteiger partial charge in [0.25, 0.3) is 0 Å². The molecule has 2 aliphatic carbocycles. The minimum Gasteiger partial charge on any atom is -0.256 e. The van der Waals surface area contributed by atoms with E-state index in [0.29, 0.717) is 0 Å². The fraction of sp³-hybridized carbons (Fsp3) is 0.0227. The number of benzene rings is 7. The second kappa shape index (κ2) is 9.11. The average molecular weight is 570 g/mol. The Hall–Kier alpha value is -5.79. The third-order valence-corrected chi connectivity index (χ3v) is 10.1. The van der Waals surface area contributed by atoms with Gasteiger partial charge in [0.15, 0.2) is 0 Å². The lowest BCUT2D eigenvalue weighted by Crippen LogP contribution is -2.26. The van der Waals surface area contributed by atoms with Gasteiger partial charge in [-0.05, 0) is 108 Å². The molecule has 10 rings (SSSR count). The van der Waals surface area contributed by atoms with Crippen molar-refractivity contribution in [2.75, 3.05) is 0 Å². The van der Waals surface area contributed by atoms with E-state index in [4.69, 9.17) is 0 Å². The van der Waals surface area contributed by atoms with Crippen molar-refractivity contribution in [2.24, 2.45) is 0 Å². The normalized spacial score (nSPS) is 13.5. The molecule has 1 nitrogen and oxygen atoms in total. The number of hydrogen-bond acceptors (Lipinski definition) is 1. The molecular formula is C44H27N. The molecule has 1 heteroatoms. The molecule has 0 radical (unpaired) electrons. The number of hydrogen-bond donors (Lipinski definition) is 0. The van der Waals surface area contributed by atoms with Gasteiger partial charge in [-0.15, -0.1) is 0 Å². The molecule has 0 atom stereocenters. The lowest BCUT2D eigenvalue weighted by atomic mass is 9.69. The molecule has 7 aromatic carbocycles. The van der Waals surface area contributed by atoms with Crippen molar-refractivity contribution >= 4 is 21.5 Å². The van der Waals surface area contributed by atoms with E-state index in [1.165, 1.54) is 77.2 Å². The zero-order valence-electron chi connectivity index (χ0n) is 24.5. The smallest absolute Gasteiger partial charge is 0.0731 e. The third-order valence-electron chi connectivity index (χ3n) is 10.1. The summed E-state index contributed by atoms with van der Waals surface area (Å²) in [5, 5.41) is 5.14. The summed E-state index contributed by atoms with van der Waals surface area (Å²) in [6.07, 6.45) is 1.85. The quantitative estimate of drug-likeness (QED) is 0.202. The molecule has 0 unspecified atom stereocenters. The van der Waals surface area contributed by atoms with Gasteiger partial charge in [-0.2, -0.15) is 0 Å². The van der Waals surface area contributed by atoms with Crippen molar-refractivity contribution in [3.05, 3.63) is 186 Å². The highest BCUT2D eigenvalue weighted by Crippen LogP contribution is 2.64. The van der Waals surface area contributed by atoms with Crippen LogP contribution < -0.4 is 0 Å². The van der Waals surface area contributed by atoms with E-state index in [1.807, 2.05) is 18.3 Å². The van der Waals surface area contributed by atoms with Crippen molar-refractivity contribution in [3.8, 4) is 44.6 Å². The molecule has 45 heavy (non-hydrogen) atoms. The van der Waals surface area contributed by atoms with Crippen LogP contribution in [-0.4, -0.2) is 4.98 Å². The number of rotatable bonds is 2. The monoisotopic (exact) mass is 569 g/mol. The predicted molar refractivity (Wildman–Crippen MR) is 186 cm³/mol. The molecule has 208 valence electrons. The van der Waals surface area contributed by atoms with Gasteiger partial charge in [-0.3, -0.25) is 4.98 Å². The van der Waals surface area contributed by atoms with Crippen LogP contribution in [0.25, 0.3) is 66.2 Å². The summed E-state index contributed by atoms with van der Waals surface area (Å²) in [5.41, 5.74) is 15.1. The molecule has 1 spiro atoms. The van der Waals surface area contributed by atoms with Crippen molar-refractivity contribution in [1.29, 1.82) is 0 Å². The molecule has 2 aliphatic rings. The van der Waals surface area contributed by atoms with Crippen LogP contribution in [0.5, 0.6) is 0 Å². The van der Waals surface area contributed by atoms with Crippen molar-refractivity contribution in [3.63, 3.8) is 0 Å². The van der Waals surface area contributed by atoms with Gasteiger partial charge >= 0.3 is 0 Å². The molecule has 0 fully saturated rings. The highest BCUT2D eigenvalue weighted by Gasteiger charge is 2.52. The molecule has 1 heterocycles. The van der Waals surface area contributed by atoms with Crippen LogP contribution in [0.2, 0.25) is 0 Å². The van der Waals surface area contributed by atoms with Crippen LogP contribution in [0.4, 0.5) is 0 Å². The Morgan fingerprint density at radius 1 is 0.378 bits per heavy atom. The van der Waals surface area contributed by atoms with E-state index in [9.17, 15) is 0 Å². The van der Waals surface area contributed by atoms with Crippen LogP contribution >= 0.6 is 0 Å². The SMILES string of the molecule is c1ccc(-c2ccc(-c3ccc4c5c(ccc4c3)-c3cc4ccccc4cc3C53c4ccccc4-c4ccccc43)cc2)nc1. The van der Waals surface area contributed by atoms with E-state index in [1.54, 1.807) is 0 Å². The summed E-state index contributed by atoms with van der Waals surface area (Å²) in [5.74, 6) is 0. The van der Waals surface area contributed by atoms with Gasteiger partial charge < -0.3 is 0 Å².